The Morgan fingerprint density at radius 3 is 2.71 bits per heavy atom. The van der Waals surface area contributed by atoms with Gasteiger partial charge in [0.05, 0.1) is 12.2 Å². The van der Waals surface area contributed by atoms with E-state index >= 15 is 0 Å². The van der Waals surface area contributed by atoms with Gasteiger partial charge in [0, 0.05) is 39.3 Å². The number of carboxylic acids is 1. The van der Waals surface area contributed by atoms with Crippen LogP contribution in [0.1, 0.15) is 18.5 Å². The first-order chi connectivity index (χ1) is 10.0. The fourth-order valence-electron chi connectivity index (χ4n) is 2.22. The van der Waals surface area contributed by atoms with Gasteiger partial charge in [0.1, 0.15) is 5.54 Å². The van der Waals surface area contributed by atoms with Gasteiger partial charge in [0.25, 0.3) is 0 Å². The molecule has 1 aromatic heterocycles. The number of urea groups is 1. The van der Waals surface area contributed by atoms with Crippen LogP contribution in [0.5, 0.6) is 0 Å². The van der Waals surface area contributed by atoms with Crippen LogP contribution in [-0.4, -0.2) is 52.8 Å². The minimum atomic E-state index is -1.24. The molecule has 2 amide bonds. The molecular formula is C14H19N3O4. The Bertz CT molecular complexity index is 500. The Balaban J connectivity index is 2.00. The molecule has 2 rings (SSSR count). The van der Waals surface area contributed by atoms with Crippen LogP contribution in [-0.2, 0) is 16.1 Å². The van der Waals surface area contributed by atoms with Crippen LogP contribution in [0, 0.1) is 0 Å². The molecule has 1 saturated heterocycles. The van der Waals surface area contributed by atoms with E-state index in [4.69, 9.17) is 4.74 Å². The van der Waals surface area contributed by atoms with Gasteiger partial charge in [0.2, 0.25) is 0 Å². The fourth-order valence-corrected chi connectivity index (χ4v) is 2.22. The lowest BCUT2D eigenvalue weighted by Crippen LogP contribution is -2.59. The van der Waals surface area contributed by atoms with E-state index in [-0.39, 0.29) is 12.8 Å². The number of carboxylic acid groups (broad SMARTS) is 1. The summed E-state index contributed by atoms with van der Waals surface area (Å²) >= 11 is 0. The zero-order valence-corrected chi connectivity index (χ0v) is 11.9. The zero-order chi connectivity index (χ0) is 15.3. The molecule has 0 aliphatic carbocycles. The Labute approximate surface area is 122 Å². The highest BCUT2D eigenvalue weighted by atomic mass is 16.5. The lowest BCUT2D eigenvalue weighted by atomic mass is 9.90. The van der Waals surface area contributed by atoms with Crippen molar-refractivity contribution in [3.05, 3.63) is 30.1 Å². The third-order valence-electron chi connectivity index (χ3n) is 3.57. The number of carbonyl (C=O) groups excluding carboxylic acids is 1. The molecule has 2 heterocycles. The number of nitrogens with zero attached hydrogens (tertiary/aromatic N) is 2. The maximum Gasteiger partial charge on any atom is 0.329 e. The van der Waals surface area contributed by atoms with E-state index in [0.29, 0.717) is 19.8 Å². The van der Waals surface area contributed by atoms with Gasteiger partial charge in [-0.3, -0.25) is 4.98 Å². The predicted molar refractivity (Wildman–Crippen MR) is 74.7 cm³/mol. The van der Waals surface area contributed by atoms with Crippen molar-refractivity contribution in [2.24, 2.45) is 0 Å². The molecule has 1 fully saturated rings. The number of hydrogen-bond donors (Lipinski definition) is 2. The van der Waals surface area contributed by atoms with E-state index in [0.717, 1.165) is 5.69 Å². The van der Waals surface area contributed by atoms with E-state index < -0.39 is 17.5 Å². The van der Waals surface area contributed by atoms with Gasteiger partial charge in [-0.15, -0.1) is 0 Å². The number of aromatic nitrogens is 1. The molecule has 0 aromatic carbocycles. The highest BCUT2D eigenvalue weighted by molar-refractivity contribution is 5.86. The Morgan fingerprint density at radius 1 is 1.43 bits per heavy atom. The second-order valence-corrected chi connectivity index (χ2v) is 5.11. The SMILES string of the molecule is CN(Cc1ccccn1)C(=O)NC1(C(=O)O)CCOCC1. The Hall–Kier alpha value is -2.15. The molecule has 0 saturated carbocycles. The van der Waals surface area contributed by atoms with Gasteiger partial charge in [-0.05, 0) is 12.1 Å². The Morgan fingerprint density at radius 2 is 2.14 bits per heavy atom. The van der Waals surface area contributed by atoms with Crippen molar-refractivity contribution in [3.8, 4) is 0 Å². The van der Waals surface area contributed by atoms with E-state index in [2.05, 4.69) is 10.3 Å². The number of ether oxygens (including phenoxy) is 1. The number of hydrogen-bond acceptors (Lipinski definition) is 4. The van der Waals surface area contributed by atoms with Crippen molar-refractivity contribution in [2.75, 3.05) is 20.3 Å². The monoisotopic (exact) mass is 293 g/mol. The molecule has 0 bridgehead atoms. The average Bonchev–Trinajstić information content (AvgIpc) is 2.49. The predicted octanol–water partition coefficient (Wildman–Crippen LogP) is 0.857. The maximum atomic E-state index is 12.2. The van der Waals surface area contributed by atoms with Gasteiger partial charge in [-0.1, -0.05) is 6.07 Å². The van der Waals surface area contributed by atoms with Crippen molar-refractivity contribution in [1.29, 1.82) is 0 Å². The van der Waals surface area contributed by atoms with Crippen LogP contribution in [0.4, 0.5) is 4.79 Å². The number of pyridine rings is 1. The molecule has 7 heteroatoms. The third kappa shape index (κ3) is 3.69. The first-order valence-electron chi connectivity index (χ1n) is 6.78. The molecule has 0 spiro atoms. The van der Waals surface area contributed by atoms with E-state index in [1.54, 1.807) is 19.3 Å². The van der Waals surface area contributed by atoms with Crippen molar-refractivity contribution in [1.82, 2.24) is 15.2 Å². The van der Waals surface area contributed by atoms with Crippen LogP contribution >= 0.6 is 0 Å². The summed E-state index contributed by atoms with van der Waals surface area (Å²) in [5.41, 5.74) is -0.500. The summed E-state index contributed by atoms with van der Waals surface area (Å²) in [6.07, 6.45) is 2.19. The molecule has 2 N–H and O–H groups in total. The summed E-state index contributed by atoms with van der Waals surface area (Å²) in [6.45, 7) is 0.978. The van der Waals surface area contributed by atoms with Gasteiger partial charge in [-0.2, -0.15) is 0 Å². The van der Waals surface area contributed by atoms with Crippen LogP contribution in [0.2, 0.25) is 0 Å². The van der Waals surface area contributed by atoms with Crippen molar-refractivity contribution in [3.63, 3.8) is 0 Å². The van der Waals surface area contributed by atoms with Crippen LogP contribution < -0.4 is 5.32 Å². The molecule has 0 unspecified atom stereocenters. The van der Waals surface area contributed by atoms with Gasteiger partial charge in [0.15, 0.2) is 0 Å². The van der Waals surface area contributed by atoms with Crippen LogP contribution in [0.25, 0.3) is 0 Å². The quantitative estimate of drug-likeness (QED) is 0.859. The smallest absolute Gasteiger partial charge is 0.329 e. The number of nitrogens with one attached hydrogen (secondary N) is 1. The molecule has 1 aliphatic heterocycles. The molecule has 1 aliphatic rings. The molecule has 1 aromatic rings. The number of rotatable bonds is 4. The topological polar surface area (TPSA) is 91.8 Å². The third-order valence-corrected chi connectivity index (χ3v) is 3.57. The second kappa shape index (κ2) is 6.53. The minimum Gasteiger partial charge on any atom is -0.480 e. The lowest BCUT2D eigenvalue weighted by Gasteiger charge is -2.35. The summed E-state index contributed by atoms with van der Waals surface area (Å²) in [5.74, 6) is -1.02. The van der Waals surface area contributed by atoms with Crippen molar-refractivity contribution >= 4 is 12.0 Å². The van der Waals surface area contributed by atoms with Crippen LogP contribution in [0.3, 0.4) is 0 Å². The molecular weight excluding hydrogens is 274 g/mol. The molecule has 7 nitrogen and oxygen atoms in total. The normalized spacial score (nSPS) is 17.0. The lowest BCUT2D eigenvalue weighted by molar-refractivity contribution is -0.148. The second-order valence-electron chi connectivity index (χ2n) is 5.11. The summed E-state index contributed by atoms with van der Waals surface area (Å²) < 4.78 is 5.17. The largest absolute Gasteiger partial charge is 0.480 e. The van der Waals surface area contributed by atoms with Crippen molar-refractivity contribution in [2.45, 2.75) is 24.9 Å². The van der Waals surface area contributed by atoms with Gasteiger partial charge < -0.3 is 20.1 Å². The highest BCUT2D eigenvalue weighted by Crippen LogP contribution is 2.21. The fraction of sp³-hybridized carbons (Fsp3) is 0.500. The van der Waals surface area contributed by atoms with E-state index in [9.17, 15) is 14.7 Å². The van der Waals surface area contributed by atoms with Crippen molar-refractivity contribution < 1.29 is 19.4 Å². The highest BCUT2D eigenvalue weighted by Gasteiger charge is 2.42. The first-order valence-corrected chi connectivity index (χ1v) is 6.78. The molecule has 21 heavy (non-hydrogen) atoms. The first kappa shape index (κ1) is 15.2. The molecule has 0 atom stereocenters. The molecule has 0 radical (unpaired) electrons. The average molecular weight is 293 g/mol. The summed E-state index contributed by atoms with van der Waals surface area (Å²) in [5, 5.41) is 12.0. The van der Waals surface area contributed by atoms with E-state index in [1.165, 1.54) is 4.90 Å². The zero-order valence-electron chi connectivity index (χ0n) is 11.9. The number of carbonyl (C=O) groups is 2. The standard InChI is InChI=1S/C14H19N3O4/c1-17(10-11-4-2-3-7-15-11)13(20)16-14(12(18)19)5-8-21-9-6-14/h2-4,7H,5-6,8-10H2,1H3,(H,16,20)(H,18,19). The van der Waals surface area contributed by atoms with E-state index in [1.807, 2.05) is 12.1 Å². The Kier molecular flexibility index (Phi) is 4.74. The number of aliphatic carboxylic acids is 1. The maximum absolute atomic E-state index is 12.2. The summed E-state index contributed by atoms with van der Waals surface area (Å²) in [4.78, 5) is 29.3. The number of amides is 2. The summed E-state index contributed by atoms with van der Waals surface area (Å²) in [7, 11) is 1.61. The van der Waals surface area contributed by atoms with Gasteiger partial charge >= 0.3 is 12.0 Å². The molecule has 114 valence electrons. The minimum absolute atomic E-state index is 0.269. The van der Waals surface area contributed by atoms with Gasteiger partial charge in [-0.25, -0.2) is 9.59 Å². The summed E-state index contributed by atoms with van der Waals surface area (Å²) in [6, 6.07) is 5.02. The van der Waals surface area contributed by atoms with Crippen LogP contribution in [0.15, 0.2) is 24.4 Å².